The number of aliphatic hydroxyl groups is 1. The molecule has 0 amide bonds. The number of anilines is 1. The molecule has 17 heavy (non-hydrogen) atoms. The van der Waals surface area contributed by atoms with Gasteiger partial charge in [0.05, 0.1) is 6.61 Å². The van der Waals surface area contributed by atoms with E-state index in [4.69, 9.17) is 15.6 Å². The van der Waals surface area contributed by atoms with Gasteiger partial charge in [0.15, 0.2) is 0 Å². The molecule has 2 aromatic rings. The van der Waals surface area contributed by atoms with Crippen molar-refractivity contribution in [2.24, 2.45) is 0 Å². The number of benzene rings is 1. The zero-order valence-electron chi connectivity index (χ0n) is 8.80. The van der Waals surface area contributed by atoms with Crippen LogP contribution in [-0.2, 0) is 6.61 Å². The van der Waals surface area contributed by atoms with Gasteiger partial charge in [0.25, 0.3) is 0 Å². The van der Waals surface area contributed by atoms with Crippen molar-refractivity contribution in [2.75, 3.05) is 5.73 Å². The third-order valence-corrected chi connectivity index (χ3v) is 2.83. The van der Waals surface area contributed by atoms with Crippen molar-refractivity contribution in [3.8, 4) is 11.6 Å². The number of aliphatic hydroxyl groups excluding tert-OH is 1. The third kappa shape index (κ3) is 2.72. The van der Waals surface area contributed by atoms with Crippen LogP contribution >= 0.6 is 15.9 Å². The van der Waals surface area contributed by atoms with Crippen LogP contribution in [0.3, 0.4) is 0 Å². The van der Waals surface area contributed by atoms with Gasteiger partial charge in [-0.15, -0.1) is 0 Å². The van der Waals surface area contributed by atoms with E-state index in [0.717, 1.165) is 5.56 Å². The minimum Gasteiger partial charge on any atom is -0.438 e. The maximum atomic E-state index is 9.02. The minimum atomic E-state index is -0.0374. The Balaban J connectivity index is 2.28. The molecular formula is C11H10BrN3O2. The smallest absolute Gasteiger partial charge is 0.238 e. The summed E-state index contributed by atoms with van der Waals surface area (Å²) in [6.45, 7) is -0.0374. The molecule has 1 heterocycles. The van der Waals surface area contributed by atoms with E-state index in [-0.39, 0.29) is 6.61 Å². The van der Waals surface area contributed by atoms with Crippen LogP contribution in [0.1, 0.15) is 5.56 Å². The van der Waals surface area contributed by atoms with Crippen LogP contribution in [0.2, 0.25) is 0 Å². The number of nitrogen functional groups attached to an aromatic ring is 1. The summed E-state index contributed by atoms with van der Waals surface area (Å²) >= 11 is 3.25. The van der Waals surface area contributed by atoms with Gasteiger partial charge in [-0.2, -0.15) is 0 Å². The van der Waals surface area contributed by atoms with Gasteiger partial charge in [-0.3, -0.25) is 0 Å². The second-order valence-corrected chi connectivity index (χ2v) is 4.08. The molecule has 3 N–H and O–H groups in total. The highest BCUT2D eigenvalue weighted by atomic mass is 79.9. The summed E-state index contributed by atoms with van der Waals surface area (Å²) in [5, 5.41) is 9.02. The standard InChI is InChI=1S/C11H10BrN3O2/c12-9-10(13)14-6-15-11(9)17-8-3-1-2-7(4-8)5-16/h1-4,6,16H,5H2,(H2,13,14,15). The number of hydrogen-bond acceptors (Lipinski definition) is 5. The summed E-state index contributed by atoms with van der Waals surface area (Å²) in [6, 6.07) is 7.09. The lowest BCUT2D eigenvalue weighted by atomic mass is 10.2. The summed E-state index contributed by atoms with van der Waals surface area (Å²) in [4.78, 5) is 7.78. The van der Waals surface area contributed by atoms with Crippen LogP contribution in [0.25, 0.3) is 0 Å². The SMILES string of the molecule is Nc1ncnc(Oc2cccc(CO)c2)c1Br. The number of rotatable bonds is 3. The molecular weight excluding hydrogens is 286 g/mol. The molecule has 5 nitrogen and oxygen atoms in total. The average molecular weight is 296 g/mol. The van der Waals surface area contributed by atoms with Gasteiger partial charge in [0.2, 0.25) is 5.88 Å². The van der Waals surface area contributed by atoms with Gasteiger partial charge < -0.3 is 15.6 Å². The predicted octanol–water partition coefficient (Wildman–Crippen LogP) is 2.11. The van der Waals surface area contributed by atoms with Crippen molar-refractivity contribution in [1.82, 2.24) is 9.97 Å². The fourth-order valence-electron chi connectivity index (χ4n) is 1.26. The van der Waals surface area contributed by atoms with Gasteiger partial charge in [0.1, 0.15) is 22.4 Å². The lowest BCUT2D eigenvalue weighted by Gasteiger charge is -2.07. The maximum Gasteiger partial charge on any atom is 0.238 e. The average Bonchev–Trinajstić information content (AvgIpc) is 2.35. The second-order valence-electron chi connectivity index (χ2n) is 3.29. The lowest BCUT2D eigenvalue weighted by molar-refractivity contribution is 0.281. The summed E-state index contributed by atoms with van der Waals surface area (Å²) in [5.41, 5.74) is 6.38. The summed E-state index contributed by atoms with van der Waals surface area (Å²) in [7, 11) is 0. The zero-order chi connectivity index (χ0) is 12.3. The Morgan fingerprint density at radius 3 is 2.94 bits per heavy atom. The Bertz CT molecular complexity index is 534. The highest BCUT2D eigenvalue weighted by molar-refractivity contribution is 9.10. The van der Waals surface area contributed by atoms with E-state index in [9.17, 15) is 0 Å². The van der Waals surface area contributed by atoms with Crippen LogP contribution in [0.15, 0.2) is 35.1 Å². The van der Waals surface area contributed by atoms with Gasteiger partial charge >= 0.3 is 0 Å². The first kappa shape index (κ1) is 11.8. The van der Waals surface area contributed by atoms with E-state index in [1.807, 2.05) is 0 Å². The zero-order valence-corrected chi connectivity index (χ0v) is 10.4. The van der Waals surface area contributed by atoms with Crippen LogP contribution in [0, 0.1) is 0 Å². The number of nitrogens with two attached hydrogens (primary N) is 1. The van der Waals surface area contributed by atoms with Crippen LogP contribution in [0.5, 0.6) is 11.6 Å². The summed E-state index contributed by atoms with van der Waals surface area (Å²) in [6.07, 6.45) is 1.32. The first-order valence-corrected chi connectivity index (χ1v) is 5.63. The summed E-state index contributed by atoms with van der Waals surface area (Å²) < 4.78 is 6.05. The normalized spacial score (nSPS) is 10.2. The van der Waals surface area contributed by atoms with Crippen LogP contribution in [0.4, 0.5) is 5.82 Å². The van der Waals surface area contributed by atoms with Crippen molar-refractivity contribution < 1.29 is 9.84 Å². The number of hydrogen-bond donors (Lipinski definition) is 2. The van der Waals surface area contributed by atoms with Crippen LogP contribution in [-0.4, -0.2) is 15.1 Å². The van der Waals surface area contributed by atoms with Gasteiger partial charge in [0, 0.05) is 0 Å². The molecule has 0 fully saturated rings. The van der Waals surface area contributed by atoms with E-state index in [0.29, 0.717) is 21.9 Å². The Morgan fingerprint density at radius 2 is 2.18 bits per heavy atom. The number of ether oxygens (including phenoxy) is 1. The van der Waals surface area contributed by atoms with E-state index in [1.54, 1.807) is 24.3 Å². The fourth-order valence-corrected chi connectivity index (χ4v) is 1.54. The Hall–Kier alpha value is -1.66. The summed E-state index contributed by atoms with van der Waals surface area (Å²) in [5.74, 6) is 1.23. The number of halogens is 1. The monoisotopic (exact) mass is 295 g/mol. The molecule has 6 heteroatoms. The van der Waals surface area contributed by atoms with Crippen LogP contribution < -0.4 is 10.5 Å². The molecule has 0 spiro atoms. The molecule has 88 valence electrons. The largest absolute Gasteiger partial charge is 0.438 e. The highest BCUT2D eigenvalue weighted by Crippen LogP contribution is 2.30. The van der Waals surface area contributed by atoms with Crippen molar-refractivity contribution in [2.45, 2.75) is 6.61 Å². The van der Waals surface area contributed by atoms with Crippen molar-refractivity contribution in [3.63, 3.8) is 0 Å². The molecule has 0 bridgehead atoms. The van der Waals surface area contributed by atoms with E-state index < -0.39 is 0 Å². The van der Waals surface area contributed by atoms with E-state index in [2.05, 4.69) is 25.9 Å². The Morgan fingerprint density at radius 1 is 1.35 bits per heavy atom. The van der Waals surface area contributed by atoms with E-state index >= 15 is 0 Å². The van der Waals surface area contributed by atoms with Gasteiger partial charge in [-0.05, 0) is 33.6 Å². The minimum absolute atomic E-state index is 0.0374. The van der Waals surface area contributed by atoms with Crippen molar-refractivity contribution in [3.05, 3.63) is 40.6 Å². The second kappa shape index (κ2) is 5.11. The third-order valence-electron chi connectivity index (χ3n) is 2.08. The van der Waals surface area contributed by atoms with Crippen molar-refractivity contribution >= 4 is 21.7 Å². The quantitative estimate of drug-likeness (QED) is 0.906. The lowest BCUT2D eigenvalue weighted by Crippen LogP contribution is -1.97. The Labute approximate surface area is 106 Å². The van der Waals surface area contributed by atoms with Crippen molar-refractivity contribution in [1.29, 1.82) is 0 Å². The van der Waals surface area contributed by atoms with Gasteiger partial charge in [-0.25, -0.2) is 9.97 Å². The molecule has 0 saturated heterocycles. The molecule has 1 aromatic carbocycles. The first-order valence-electron chi connectivity index (χ1n) is 4.84. The predicted molar refractivity (Wildman–Crippen MR) is 66.6 cm³/mol. The number of nitrogens with zero attached hydrogens (tertiary/aromatic N) is 2. The fraction of sp³-hybridized carbons (Fsp3) is 0.0909. The molecule has 0 aliphatic rings. The molecule has 0 aliphatic carbocycles. The van der Waals surface area contributed by atoms with E-state index in [1.165, 1.54) is 6.33 Å². The number of aromatic nitrogens is 2. The topological polar surface area (TPSA) is 81.3 Å². The molecule has 0 atom stereocenters. The Kier molecular flexibility index (Phi) is 3.55. The molecule has 0 saturated carbocycles. The first-order chi connectivity index (χ1) is 8.20. The molecule has 0 radical (unpaired) electrons. The maximum absolute atomic E-state index is 9.02. The molecule has 0 unspecified atom stereocenters. The highest BCUT2D eigenvalue weighted by Gasteiger charge is 2.08. The molecule has 1 aromatic heterocycles. The van der Waals surface area contributed by atoms with Gasteiger partial charge in [-0.1, -0.05) is 12.1 Å². The molecule has 0 aliphatic heterocycles. The molecule has 2 rings (SSSR count).